The molecular formula is C13H14ClNO. The van der Waals surface area contributed by atoms with E-state index in [0.29, 0.717) is 5.15 Å². The molecule has 16 heavy (non-hydrogen) atoms. The maximum Gasteiger partial charge on any atom is 0.132 e. The van der Waals surface area contributed by atoms with Gasteiger partial charge in [-0.05, 0) is 36.2 Å². The van der Waals surface area contributed by atoms with Gasteiger partial charge in [-0.3, -0.25) is 0 Å². The Morgan fingerprint density at radius 1 is 1.31 bits per heavy atom. The molecule has 2 nitrogen and oxygen atoms in total. The number of methoxy groups -OCH3 is 1. The third-order valence-corrected chi connectivity index (χ3v) is 2.89. The van der Waals surface area contributed by atoms with Crippen molar-refractivity contribution < 1.29 is 4.74 Å². The summed E-state index contributed by atoms with van der Waals surface area (Å²) >= 11 is 6.11. The number of halogens is 1. The lowest BCUT2D eigenvalue weighted by molar-refractivity contribution is 0.415. The fourth-order valence-electron chi connectivity index (χ4n) is 1.75. The molecule has 0 saturated heterocycles. The van der Waals surface area contributed by atoms with Gasteiger partial charge in [-0.25, -0.2) is 4.98 Å². The molecule has 1 aromatic carbocycles. The van der Waals surface area contributed by atoms with Crippen LogP contribution < -0.4 is 4.74 Å². The number of fused-ring (bicyclic) bond motifs is 1. The highest BCUT2D eigenvalue weighted by Gasteiger charge is 2.05. The van der Waals surface area contributed by atoms with Crippen LogP contribution in [0.4, 0.5) is 0 Å². The first-order valence-electron chi connectivity index (χ1n) is 5.37. The standard InChI is InChI=1S/C13H14ClNO/c1-3-4-9-7-10-8-11(16-2)5-6-12(10)15-13(9)14/h5-8H,3-4H2,1-2H3. The molecule has 0 unspecified atom stereocenters. The number of nitrogens with zero attached hydrogens (tertiary/aromatic N) is 1. The number of ether oxygens (including phenoxy) is 1. The molecule has 0 aliphatic carbocycles. The third kappa shape index (κ3) is 2.12. The number of benzene rings is 1. The smallest absolute Gasteiger partial charge is 0.132 e. The van der Waals surface area contributed by atoms with Gasteiger partial charge in [0.05, 0.1) is 12.6 Å². The van der Waals surface area contributed by atoms with E-state index >= 15 is 0 Å². The summed E-state index contributed by atoms with van der Waals surface area (Å²) in [7, 11) is 1.66. The van der Waals surface area contributed by atoms with Gasteiger partial charge in [0.2, 0.25) is 0 Å². The second-order valence-corrected chi connectivity index (χ2v) is 4.10. The lowest BCUT2D eigenvalue weighted by Crippen LogP contribution is -1.91. The summed E-state index contributed by atoms with van der Waals surface area (Å²) in [5.41, 5.74) is 2.01. The number of rotatable bonds is 3. The summed E-state index contributed by atoms with van der Waals surface area (Å²) in [6, 6.07) is 7.90. The molecule has 0 N–H and O–H groups in total. The van der Waals surface area contributed by atoms with E-state index in [2.05, 4.69) is 18.0 Å². The lowest BCUT2D eigenvalue weighted by Gasteiger charge is -2.06. The van der Waals surface area contributed by atoms with Crippen molar-refractivity contribution in [3.63, 3.8) is 0 Å². The monoisotopic (exact) mass is 235 g/mol. The molecule has 0 radical (unpaired) electrons. The van der Waals surface area contributed by atoms with E-state index in [0.717, 1.165) is 35.1 Å². The van der Waals surface area contributed by atoms with Crippen LogP contribution in [0.5, 0.6) is 5.75 Å². The molecule has 84 valence electrons. The van der Waals surface area contributed by atoms with Crippen molar-refractivity contribution in [1.82, 2.24) is 4.98 Å². The number of hydrogen-bond donors (Lipinski definition) is 0. The third-order valence-electron chi connectivity index (χ3n) is 2.57. The van der Waals surface area contributed by atoms with E-state index in [4.69, 9.17) is 16.3 Å². The molecule has 2 rings (SSSR count). The lowest BCUT2D eigenvalue weighted by atomic mass is 10.1. The Hall–Kier alpha value is -1.28. The highest BCUT2D eigenvalue weighted by molar-refractivity contribution is 6.30. The molecule has 0 aliphatic rings. The van der Waals surface area contributed by atoms with Crippen molar-refractivity contribution in [3.05, 3.63) is 35.0 Å². The summed E-state index contributed by atoms with van der Waals surface area (Å²) in [4.78, 5) is 4.38. The average molecular weight is 236 g/mol. The number of pyridine rings is 1. The van der Waals surface area contributed by atoms with Crippen LogP contribution in [0, 0.1) is 0 Å². The highest BCUT2D eigenvalue weighted by Crippen LogP contribution is 2.24. The minimum absolute atomic E-state index is 0.611. The van der Waals surface area contributed by atoms with Gasteiger partial charge in [-0.15, -0.1) is 0 Å². The Morgan fingerprint density at radius 2 is 2.12 bits per heavy atom. The van der Waals surface area contributed by atoms with Crippen LogP contribution in [-0.4, -0.2) is 12.1 Å². The van der Waals surface area contributed by atoms with Crippen molar-refractivity contribution in [2.75, 3.05) is 7.11 Å². The fraction of sp³-hybridized carbons (Fsp3) is 0.308. The van der Waals surface area contributed by atoms with Crippen molar-refractivity contribution in [2.24, 2.45) is 0 Å². The van der Waals surface area contributed by atoms with Crippen LogP contribution in [0.25, 0.3) is 10.9 Å². The van der Waals surface area contributed by atoms with Gasteiger partial charge >= 0.3 is 0 Å². The molecule has 0 bridgehead atoms. The van der Waals surface area contributed by atoms with Gasteiger partial charge < -0.3 is 4.74 Å². The van der Waals surface area contributed by atoms with E-state index in [-0.39, 0.29) is 0 Å². The summed E-state index contributed by atoms with van der Waals surface area (Å²) < 4.78 is 5.19. The van der Waals surface area contributed by atoms with E-state index in [9.17, 15) is 0 Å². The molecule has 1 aromatic heterocycles. The molecule has 3 heteroatoms. The minimum atomic E-state index is 0.611. The largest absolute Gasteiger partial charge is 0.497 e. The molecule has 0 atom stereocenters. The molecule has 0 fully saturated rings. The van der Waals surface area contributed by atoms with Crippen molar-refractivity contribution in [2.45, 2.75) is 19.8 Å². The van der Waals surface area contributed by atoms with E-state index in [1.807, 2.05) is 18.2 Å². The molecule has 0 saturated carbocycles. The number of aromatic nitrogens is 1. The first kappa shape index (κ1) is 11.2. The zero-order chi connectivity index (χ0) is 11.5. The van der Waals surface area contributed by atoms with Crippen LogP contribution in [0.3, 0.4) is 0 Å². The molecule has 2 aromatic rings. The van der Waals surface area contributed by atoms with Gasteiger partial charge in [-0.2, -0.15) is 0 Å². The van der Waals surface area contributed by atoms with Crippen LogP contribution in [-0.2, 0) is 6.42 Å². The second-order valence-electron chi connectivity index (χ2n) is 3.75. The topological polar surface area (TPSA) is 22.1 Å². The van der Waals surface area contributed by atoms with Crippen LogP contribution in [0.2, 0.25) is 5.15 Å². The fourth-order valence-corrected chi connectivity index (χ4v) is 1.99. The number of hydrogen-bond acceptors (Lipinski definition) is 2. The van der Waals surface area contributed by atoms with Crippen LogP contribution in [0.15, 0.2) is 24.3 Å². The molecular weight excluding hydrogens is 222 g/mol. The maximum absolute atomic E-state index is 6.11. The Morgan fingerprint density at radius 3 is 2.81 bits per heavy atom. The quantitative estimate of drug-likeness (QED) is 0.754. The predicted octanol–water partition coefficient (Wildman–Crippen LogP) is 3.85. The summed E-state index contributed by atoms with van der Waals surface area (Å²) in [6.07, 6.45) is 2.02. The van der Waals surface area contributed by atoms with E-state index in [1.165, 1.54) is 0 Å². The zero-order valence-corrected chi connectivity index (χ0v) is 10.2. The Balaban J connectivity index is 2.56. The zero-order valence-electron chi connectivity index (χ0n) is 9.46. The second kappa shape index (κ2) is 4.71. The Bertz CT molecular complexity index is 511. The van der Waals surface area contributed by atoms with E-state index < -0.39 is 0 Å². The molecule has 0 spiro atoms. The summed E-state index contributed by atoms with van der Waals surface area (Å²) in [5, 5.41) is 1.69. The van der Waals surface area contributed by atoms with Crippen LogP contribution >= 0.6 is 11.6 Å². The number of aryl methyl sites for hydroxylation is 1. The Kier molecular flexibility index (Phi) is 3.30. The summed E-state index contributed by atoms with van der Waals surface area (Å²) in [5.74, 6) is 0.846. The van der Waals surface area contributed by atoms with Gasteiger partial charge in [0.15, 0.2) is 0 Å². The van der Waals surface area contributed by atoms with Gasteiger partial charge in [0, 0.05) is 5.39 Å². The first-order valence-corrected chi connectivity index (χ1v) is 5.75. The van der Waals surface area contributed by atoms with Crippen molar-refractivity contribution >= 4 is 22.5 Å². The minimum Gasteiger partial charge on any atom is -0.497 e. The normalized spacial score (nSPS) is 10.7. The SMILES string of the molecule is CCCc1cc2cc(OC)ccc2nc1Cl. The van der Waals surface area contributed by atoms with Gasteiger partial charge in [-0.1, -0.05) is 24.9 Å². The van der Waals surface area contributed by atoms with Gasteiger partial charge in [0.1, 0.15) is 10.9 Å². The summed E-state index contributed by atoms with van der Waals surface area (Å²) in [6.45, 7) is 2.13. The van der Waals surface area contributed by atoms with Crippen molar-refractivity contribution in [3.8, 4) is 5.75 Å². The van der Waals surface area contributed by atoms with Crippen molar-refractivity contribution in [1.29, 1.82) is 0 Å². The van der Waals surface area contributed by atoms with Crippen LogP contribution in [0.1, 0.15) is 18.9 Å². The van der Waals surface area contributed by atoms with Gasteiger partial charge in [0.25, 0.3) is 0 Å². The first-order chi connectivity index (χ1) is 7.74. The molecule has 1 heterocycles. The molecule has 0 amide bonds. The maximum atomic E-state index is 6.11. The van der Waals surface area contributed by atoms with E-state index in [1.54, 1.807) is 7.11 Å². The molecule has 0 aliphatic heterocycles. The predicted molar refractivity (Wildman–Crippen MR) is 67.3 cm³/mol. The highest BCUT2D eigenvalue weighted by atomic mass is 35.5. The Labute approximate surface area is 100 Å². The average Bonchev–Trinajstić information content (AvgIpc) is 2.30.